The van der Waals surface area contributed by atoms with Crippen LogP contribution in [0.5, 0.6) is 0 Å². The van der Waals surface area contributed by atoms with E-state index in [4.69, 9.17) is 17.0 Å². The van der Waals surface area contributed by atoms with Gasteiger partial charge in [-0.1, -0.05) is 19.1 Å². The Morgan fingerprint density at radius 2 is 2.19 bits per heavy atom. The number of carbonyl (C=O) groups is 2. The lowest BCUT2D eigenvalue weighted by atomic mass is 9.98. The number of thiocarbonyl (C=S) groups is 1. The predicted molar refractivity (Wildman–Crippen MR) is 117 cm³/mol. The van der Waals surface area contributed by atoms with Crippen molar-refractivity contribution in [3.63, 3.8) is 0 Å². The fraction of sp³-hybridized carbons (Fsp3) is 0.550. The molecule has 2 aliphatic heterocycles. The Hall–Kier alpha value is -2.50. The van der Waals surface area contributed by atoms with Crippen LogP contribution in [0.15, 0.2) is 18.2 Å². The Kier molecular flexibility index (Phi) is 7.29. The van der Waals surface area contributed by atoms with Gasteiger partial charge in [0.2, 0.25) is 0 Å². The third kappa shape index (κ3) is 5.23. The number of ether oxygens (including phenoxy) is 1. The second-order valence-corrected chi connectivity index (χ2v) is 8.09. The predicted octanol–water partition coefficient (Wildman–Crippen LogP) is 0.528. The summed E-state index contributed by atoms with van der Waals surface area (Å²) in [5.74, 6) is -1.18. The number of amides is 2. The molecule has 9 nitrogen and oxygen atoms in total. The fourth-order valence-electron chi connectivity index (χ4n) is 3.52. The summed E-state index contributed by atoms with van der Waals surface area (Å²) in [6, 6.07) is 4.44. The highest BCUT2D eigenvalue weighted by Gasteiger charge is 2.37. The second-order valence-electron chi connectivity index (χ2n) is 7.59. The van der Waals surface area contributed by atoms with Gasteiger partial charge in [0.1, 0.15) is 11.9 Å². The summed E-state index contributed by atoms with van der Waals surface area (Å²) < 4.78 is 20.3. The molecule has 1 aromatic carbocycles. The molecule has 11 heteroatoms. The van der Waals surface area contributed by atoms with Gasteiger partial charge in [-0.25, -0.2) is 9.18 Å². The van der Waals surface area contributed by atoms with Crippen LogP contribution in [0.2, 0.25) is 0 Å². The first-order valence-corrected chi connectivity index (χ1v) is 10.6. The zero-order chi connectivity index (χ0) is 22.6. The van der Waals surface area contributed by atoms with Gasteiger partial charge in [-0.3, -0.25) is 9.69 Å². The van der Waals surface area contributed by atoms with E-state index in [-0.39, 0.29) is 31.7 Å². The molecule has 2 saturated heterocycles. The van der Waals surface area contributed by atoms with Gasteiger partial charge in [-0.2, -0.15) is 0 Å². The van der Waals surface area contributed by atoms with Crippen LogP contribution in [0.25, 0.3) is 0 Å². The number of cyclic esters (lactones) is 1. The minimum absolute atomic E-state index is 0.0523. The SMILES string of the molecule is CCC(=S)NC[C@H]1CN(c2ccc(N3CCNC(=O)C(O)(CO)CC3)c(F)c2)C(=O)O1. The largest absolute Gasteiger partial charge is 0.442 e. The third-order valence-electron chi connectivity index (χ3n) is 5.45. The zero-order valence-corrected chi connectivity index (χ0v) is 18.1. The van der Waals surface area contributed by atoms with Gasteiger partial charge < -0.3 is 30.5 Å². The van der Waals surface area contributed by atoms with Crippen LogP contribution in [0.4, 0.5) is 20.6 Å². The van der Waals surface area contributed by atoms with Crippen molar-refractivity contribution in [3.05, 3.63) is 24.0 Å². The maximum Gasteiger partial charge on any atom is 0.414 e. The van der Waals surface area contributed by atoms with Gasteiger partial charge in [-0.05, 0) is 24.6 Å². The van der Waals surface area contributed by atoms with Gasteiger partial charge in [0.05, 0.1) is 36.1 Å². The first-order valence-electron chi connectivity index (χ1n) is 10.2. The van der Waals surface area contributed by atoms with Crippen molar-refractivity contribution in [2.24, 2.45) is 0 Å². The Morgan fingerprint density at radius 1 is 1.42 bits per heavy atom. The van der Waals surface area contributed by atoms with Crippen molar-refractivity contribution in [1.29, 1.82) is 0 Å². The van der Waals surface area contributed by atoms with Crippen LogP contribution in [-0.4, -0.2) is 78.2 Å². The molecule has 31 heavy (non-hydrogen) atoms. The summed E-state index contributed by atoms with van der Waals surface area (Å²) in [5.41, 5.74) is -1.25. The van der Waals surface area contributed by atoms with E-state index in [1.54, 1.807) is 17.0 Å². The highest BCUT2D eigenvalue weighted by atomic mass is 32.1. The van der Waals surface area contributed by atoms with Crippen molar-refractivity contribution >= 4 is 40.6 Å². The van der Waals surface area contributed by atoms with E-state index >= 15 is 0 Å². The Morgan fingerprint density at radius 3 is 2.87 bits per heavy atom. The highest BCUT2D eigenvalue weighted by Crippen LogP contribution is 2.29. The standard InChI is InChI=1S/C20H27FN4O5S/c1-2-17(31)23-10-14-11-25(19(28)30-14)13-3-4-16(15(21)9-13)24-7-5-20(29,12-26)18(27)22-6-8-24/h3-4,9,14,26,29H,2,5-8,10-12H2,1H3,(H,22,27)(H,23,31)/t14-,20?/m0/s1. The number of aliphatic hydroxyl groups excluding tert-OH is 1. The first kappa shape index (κ1) is 23.2. The molecule has 170 valence electrons. The monoisotopic (exact) mass is 454 g/mol. The second kappa shape index (κ2) is 9.75. The molecule has 2 fully saturated rings. The van der Waals surface area contributed by atoms with Crippen molar-refractivity contribution in [2.75, 3.05) is 49.1 Å². The molecule has 4 N–H and O–H groups in total. The van der Waals surface area contributed by atoms with Crippen LogP contribution in [0.3, 0.4) is 0 Å². The Bertz CT molecular complexity index is 857. The van der Waals surface area contributed by atoms with Gasteiger partial charge in [0.25, 0.3) is 5.91 Å². The summed E-state index contributed by atoms with van der Waals surface area (Å²) in [6.45, 7) is 2.58. The lowest BCUT2D eigenvalue weighted by Gasteiger charge is -2.34. The molecule has 1 aromatic rings. The summed E-state index contributed by atoms with van der Waals surface area (Å²) in [5, 5.41) is 25.2. The van der Waals surface area contributed by atoms with Crippen LogP contribution < -0.4 is 20.4 Å². The van der Waals surface area contributed by atoms with Gasteiger partial charge in [0, 0.05) is 26.1 Å². The van der Waals surface area contributed by atoms with Crippen LogP contribution in [-0.2, 0) is 9.53 Å². The topological polar surface area (TPSA) is 114 Å². The molecule has 0 aliphatic carbocycles. The summed E-state index contributed by atoms with van der Waals surface area (Å²) in [6.07, 6.45) is -0.303. The molecule has 0 saturated carbocycles. The maximum atomic E-state index is 14.9. The van der Waals surface area contributed by atoms with E-state index in [9.17, 15) is 24.2 Å². The fourth-order valence-corrected chi connectivity index (χ4v) is 3.60. The molecule has 2 heterocycles. The average molecular weight is 455 g/mol. The van der Waals surface area contributed by atoms with Crippen molar-refractivity contribution in [3.8, 4) is 0 Å². The number of hydrogen-bond donors (Lipinski definition) is 4. The molecule has 2 atom stereocenters. The summed E-state index contributed by atoms with van der Waals surface area (Å²) in [4.78, 5) is 27.9. The summed E-state index contributed by atoms with van der Waals surface area (Å²) >= 11 is 5.11. The van der Waals surface area contributed by atoms with Crippen LogP contribution in [0, 0.1) is 5.82 Å². The molecule has 2 amide bonds. The maximum absolute atomic E-state index is 14.9. The quantitative estimate of drug-likeness (QED) is 0.461. The molecule has 0 radical (unpaired) electrons. The average Bonchev–Trinajstić information content (AvgIpc) is 3.13. The molecular formula is C20H27FN4O5S. The molecule has 1 unspecified atom stereocenters. The molecule has 2 aliphatic rings. The molecule has 3 rings (SSSR count). The number of benzene rings is 1. The number of aliphatic hydroxyl groups is 2. The minimum Gasteiger partial charge on any atom is -0.442 e. The van der Waals surface area contributed by atoms with Crippen LogP contribution >= 0.6 is 12.2 Å². The number of anilines is 2. The van der Waals surface area contributed by atoms with Gasteiger partial charge in [0.15, 0.2) is 5.60 Å². The number of hydrogen-bond acceptors (Lipinski definition) is 7. The van der Waals surface area contributed by atoms with E-state index in [1.807, 2.05) is 6.92 Å². The van der Waals surface area contributed by atoms with Crippen molar-refractivity contribution in [2.45, 2.75) is 31.5 Å². The number of nitrogens with zero attached hydrogens (tertiary/aromatic N) is 2. The number of nitrogens with one attached hydrogen (secondary N) is 2. The molecule has 0 bridgehead atoms. The summed E-state index contributed by atoms with van der Waals surface area (Å²) in [7, 11) is 0. The molecule has 0 aromatic heterocycles. The number of carbonyl (C=O) groups excluding carboxylic acids is 2. The zero-order valence-electron chi connectivity index (χ0n) is 17.3. The Labute approximate surface area is 185 Å². The van der Waals surface area contributed by atoms with E-state index in [0.29, 0.717) is 30.2 Å². The van der Waals surface area contributed by atoms with E-state index < -0.39 is 36.1 Å². The van der Waals surface area contributed by atoms with E-state index in [0.717, 1.165) is 0 Å². The normalized spacial score (nSPS) is 24.3. The lowest BCUT2D eigenvalue weighted by molar-refractivity contribution is -0.144. The Balaban J connectivity index is 1.69. The van der Waals surface area contributed by atoms with Crippen LogP contribution in [0.1, 0.15) is 19.8 Å². The minimum atomic E-state index is -1.91. The number of halogens is 1. The smallest absolute Gasteiger partial charge is 0.414 e. The first-order chi connectivity index (χ1) is 14.8. The molecular weight excluding hydrogens is 427 g/mol. The van der Waals surface area contributed by atoms with Crippen molar-refractivity contribution < 1.29 is 28.9 Å². The van der Waals surface area contributed by atoms with Gasteiger partial charge >= 0.3 is 6.09 Å². The van der Waals surface area contributed by atoms with E-state index in [2.05, 4.69) is 10.6 Å². The van der Waals surface area contributed by atoms with E-state index in [1.165, 1.54) is 11.0 Å². The van der Waals surface area contributed by atoms with Gasteiger partial charge in [-0.15, -0.1) is 0 Å². The van der Waals surface area contributed by atoms with Crippen molar-refractivity contribution in [1.82, 2.24) is 10.6 Å². The molecule has 0 spiro atoms. The lowest BCUT2D eigenvalue weighted by Crippen LogP contribution is -2.55. The highest BCUT2D eigenvalue weighted by molar-refractivity contribution is 7.80. The third-order valence-corrected chi connectivity index (χ3v) is 5.89. The number of rotatable bonds is 6.